The van der Waals surface area contributed by atoms with Gasteiger partial charge in [-0.3, -0.25) is 19.3 Å². The molecular formula is C27H33N5O6S. The van der Waals surface area contributed by atoms with Crippen LogP contribution >= 0.6 is 11.5 Å². The lowest BCUT2D eigenvalue weighted by atomic mass is 10.1. The van der Waals surface area contributed by atoms with E-state index in [4.69, 9.17) is 25.4 Å². The van der Waals surface area contributed by atoms with E-state index in [0.717, 1.165) is 37.2 Å². The van der Waals surface area contributed by atoms with E-state index in [1.807, 2.05) is 0 Å². The van der Waals surface area contributed by atoms with Crippen LogP contribution < -0.4 is 26.4 Å². The minimum atomic E-state index is -1.20. The number of hydrogen-bond donors (Lipinski definition) is 3. The number of unbranched alkanes of at least 4 members (excludes halogenated alkanes) is 1. The highest BCUT2D eigenvalue weighted by molar-refractivity contribution is 7.09. The number of aryl methyl sites for hydroxylation is 1. The first-order valence-corrected chi connectivity index (χ1v) is 13.6. The summed E-state index contributed by atoms with van der Waals surface area (Å²) >= 11 is 0.742. The number of carbonyl (C=O) groups is 3. The first-order chi connectivity index (χ1) is 18.8. The molecule has 208 valence electrons. The smallest absolute Gasteiger partial charge is 0.273 e. The molecule has 3 amide bonds. The van der Waals surface area contributed by atoms with Crippen LogP contribution in [0.3, 0.4) is 0 Å². The van der Waals surface area contributed by atoms with E-state index in [1.54, 1.807) is 43.3 Å². The van der Waals surface area contributed by atoms with Crippen molar-refractivity contribution in [1.29, 1.82) is 0 Å². The maximum absolute atomic E-state index is 14.1. The van der Waals surface area contributed by atoms with Crippen LogP contribution in [0.4, 0.5) is 11.4 Å². The van der Waals surface area contributed by atoms with Crippen LogP contribution in [0.5, 0.6) is 5.75 Å². The predicted octanol–water partition coefficient (Wildman–Crippen LogP) is 3.59. The molecule has 0 radical (unpaired) electrons. The number of carbonyl (C=O) groups excluding carboxylic acids is 3. The van der Waals surface area contributed by atoms with Crippen LogP contribution in [0, 0.1) is 6.92 Å². The van der Waals surface area contributed by atoms with Crippen LogP contribution in [0.1, 0.15) is 70.3 Å². The highest BCUT2D eigenvalue weighted by Crippen LogP contribution is 2.34. The molecule has 0 aliphatic carbocycles. The summed E-state index contributed by atoms with van der Waals surface area (Å²) < 4.78 is 21.3. The highest BCUT2D eigenvalue weighted by atomic mass is 32.1. The van der Waals surface area contributed by atoms with Gasteiger partial charge in [0.05, 0.1) is 18.4 Å². The Hall–Kier alpha value is -3.90. The number of ether oxygens (including phenoxy) is 2. The van der Waals surface area contributed by atoms with Crippen LogP contribution in [-0.4, -0.2) is 48.0 Å². The second-order valence-corrected chi connectivity index (χ2v) is 10.0. The van der Waals surface area contributed by atoms with Crippen LogP contribution in [0.2, 0.25) is 0 Å². The number of amides is 3. The lowest BCUT2D eigenvalue weighted by Crippen LogP contribution is -2.45. The molecule has 2 aromatic heterocycles. The molecule has 0 bridgehead atoms. The molecule has 39 heavy (non-hydrogen) atoms. The zero-order valence-electron chi connectivity index (χ0n) is 22.0. The number of nitrogens with zero attached hydrogens (tertiary/aromatic N) is 2. The summed E-state index contributed by atoms with van der Waals surface area (Å²) in [7, 11) is 0. The van der Waals surface area contributed by atoms with E-state index in [2.05, 4.69) is 16.6 Å². The zero-order valence-corrected chi connectivity index (χ0v) is 22.8. The van der Waals surface area contributed by atoms with Crippen molar-refractivity contribution in [3.05, 3.63) is 58.5 Å². The van der Waals surface area contributed by atoms with Crippen molar-refractivity contribution in [3.8, 4) is 5.75 Å². The van der Waals surface area contributed by atoms with Crippen molar-refractivity contribution in [2.24, 2.45) is 5.73 Å². The Balaban J connectivity index is 1.74. The van der Waals surface area contributed by atoms with Gasteiger partial charge >= 0.3 is 0 Å². The molecule has 0 saturated carbocycles. The average molecular weight is 556 g/mol. The Labute approximate surface area is 230 Å². The maximum Gasteiger partial charge on any atom is 0.273 e. The van der Waals surface area contributed by atoms with Crippen molar-refractivity contribution < 1.29 is 28.3 Å². The molecule has 1 aliphatic heterocycles. The van der Waals surface area contributed by atoms with E-state index in [0.29, 0.717) is 30.4 Å². The molecule has 5 N–H and O–H groups in total. The highest BCUT2D eigenvalue weighted by Gasteiger charge is 2.38. The summed E-state index contributed by atoms with van der Waals surface area (Å²) in [5, 5.41) is 2.91. The molecule has 4 rings (SSSR count). The SMILES string of the molecule is CCCCOc1ccc(N(C(=O)c2snc(C(N)=O)c2N)[C@@H](C(=O)NC[C@@H]2CCCO2)c2ccc(C)o2)cc1. The third kappa shape index (κ3) is 6.58. The maximum atomic E-state index is 14.1. The van der Waals surface area contributed by atoms with Crippen LogP contribution in [-0.2, 0) is 9.53 Å². The van der Waals surface area contributed by atoms with E-state index in [9.17, 15) is 14.4 Å². The predicted molar refractivity (Wildman–Crippen MR) is 147 cm³/mol. The molecule has 2 atom stereocenters. The fourth-order valence-electron chi connectivity index (χ4n) is 4.25. The van der Waals surface area contributed by atoms with Gasteiger partial charge in [-0.2, -0.15) is 4.37 Å². The number of nitrogens with one attached hydrogen (secondary N) is 1. The standard InChI is InChI=1S/C27H33N5O6S/c1-3-4-13-36-18-10-8-17(9-11-18)32(27(35)24-21(28)22(25(29)33)31-39-24)23(20-12-7-16(2)38-20)26(34)30-15-19-6-5-14-37-19/h7-12,19,23H,3-6,13-15,28H2,1-2H3,(H2,29,33)(H,30,34)/t19-,23+/m0/s1. The van der Waals surface area contributed by atoms with Gasteiger partial charge in [0.25, 0.3) is 17.7 Å². The van der Waals surface area contributed by atoms with E-state index < -0.39 is 23.8 Å². The number of hydrogen-bond acceptors (Lipinski definition) is 9. The van der Waals surface area contributed by atoms with E-state index in [1.165, 1.54) is 4.90 Å². The van der Waals surface area contributed by atoms with Crippen molar-refractivity contribution in [2.75, 3.05) is 30.4 Å². The monoisotopic (exact) mass is 555 g/mol. The molecule has 3 heterocycles. The second-order valence-electron chi connectivity index (χ2n) is 9.24. The number of nitrogen functional groups attached to an aromatic ring is 1. The summed E-state index contributed by atoms with van der Waals surface area (Å²) in [6.45, 7) is 5.32. The normalized spacial score (nSPS) is 15.6. The largest absolute Gasteiger partial charge is 0.494 e. The Morgan fingerprint density at radius 1 is 1.23 bits per heavy atom. The number of furan rings is 1. The second kappa shape index (κ2) is 12.8. The molecule has 0 unspecified atom stereocenters. The van der Waals surface area contributed by atoms with Gasteiger partial charge in [0, 0.05) is 18.8 Å². The number of nitrogens with two attached hydrogens (primary N) is 2. The topological polar surface area (TPSA) is 163 Å². The Morgan fingerprint density at radius 3 is 2.59 bits per heavy atom. The molecule has 1 saturated heterocycles. The molecular weight excluding hydrogens is 522 g/mol. The van der Waals surface area contributed by atoms with Gasteiger partial charge < -0.3 is 30.7 Å². The zero-order chi connectivity index (χ0) is 27.9. The first kappa shape index (κ1) is 28.1. The van der Waals surface area contributed by atoms with Crippen molar-refractivity contribution in [1.82, 2.24) is 9.69 Å². The van der Waals surface area contributed by atoms with Crippen LogP contribution in [0.15, 0.2) is 40.8 Å². The van der Waals surface area contributed by atoms with Crippen molar-refractivity contribution >= 4 is 40.6 Å². The van der Waals surface area contributed by atoms with Crippen molar-refractivity contribution in [3.63, 3.8) is 0 Å². The van der Waals surface area contributed by atoms with Crippen molar-refractivity contribution in [2.45, 2.75) is 51.7 Å². The molecule has 1 fully saturated rings. The Kier molecular flexibility index (Phi) is 9.20. The molecule has 0 spiro atoms. The lowest BCUT2D eigenvalue weighted by Gasteiger charge is -2.30. The number of aromatic nitrogens is 1. The summed E-state index contributed by atoms with van der Waals surface area (Å²) in [4.78, 5) is 40.8. The number of rotatable bonds is 12. The van der Waals surface area contributed by atoms with Crippen LogP contribution in [0.25, 0.3) is 0 Å². The molecule has 1 aliphatic rings. The summed E-state index contributed by atoms with van der Waals surface area (Å²) in [6, 6.07) is 8.99. The fraction of sp³-hybridized carbons (Fsp3) is 0.407. The van der Waals surface area contributed by atoms with E-state index >= 15 is 0 Å². The van der Waals surface area contributed by atoms with E-state index in [-0.39, 0.29) is 34.7 Å². The van der Waals surface area contributed by atoms with Gasteiger partial charge in [0.2, 0.25) is 0 Å². The average Bonchev–Trinajstić information content (AvgIpc) is 3.68. The quantitative estimate of drug-likeness (QED) is 0.286. The minimum absolute atomic E-state index is 0.0210. The number of primary amides is 1. The molecule has 1 aromatic carbocycles. The Morgan fingerprint density at radius 2 is 2.00 bits per heavy atom. The number of benzene rings is 1. The van der Waals surface area contributed by atoms with Gasteiger partial charge in [-0.15, -0.1) is 0 Å². The third-order valence-corrected chi connectivity index (χ3v) is 7.17. The fourth-order valence-corrected chi connectivity index (χ4v) is 4.99. The summed E-state index contributed by atoms with van der Waals surface area (Å²) in [5.74, 6) is -0.496. The van der Waals surface area contributed by atoms with Gasteiger partial charge in [0.1, 0.15) is 22.1 Å². The molecule has 3 aromatic rings. The summed E-state index contributed by atoms with van der Waals surface area (Å²) in [5.41, 5.74) is 11.5. The summed E-state index contributed by atoms with van der Waals surface area (Å²) in [6.07, 6.45) is 3.55. The van der Waals surface area contributed by atoms with Gasteiger partial charge in [0.15, 0.2) is 11.7 Å². The van der Waals surface area contributed by atoms with Gasteiger partial charge in [-0.05, 0) is 74.1 Å². The molecule has 12 heteroatoms. The Bertz CT molecular complexity index is 1300. The first-order valence-electron chi connectivity index (χ1n) is 12.9. The lowest BCUT2D eigenvalue weighted by molar-refractivity contribution is -0.123. The van der Waals surface area contributed by atoms with Gasteiger partial charge in [-0.25, -0.2) is 0 Å². The minimum Gasteiger partial charge on any atom is -0.494 e. The molecule has 11 nitrogen and oxygen atoms in total. The van der Waals surface area contributed by atoms with Gasteiger partial charge in [-0.1, -0.05) is 13.3 Å². The number of anilines is 2. The third-order valence-electron chi connectivity index (χ3n) is 6.32.